The Kier molecular flexibility index (Phi) is 3.88. The van der Waals surface area contributed by atoms with E-state index in [1.807, 2.05) is 26.8 Å². The standard InChI is InChI=1S/C14H21N5OS/c1-13(2,3)8-7-9(17-16-8)15-12(20)10-11(14(4,5)6)18-19-21-10/h7H,1-6H3,(H2,15,16,17,20). The third-order valence-corrected chi connectivity index (χ3v) is 3.76. The van der Waals surface area contributed by atoms with Gasteiger partial charge >= 0.3 is 0 Å². The Morgan fingerprint density at radius 1 is 1.19 bits per heavy atom. The molecule has 0 aromatic carbocycles. The molecule has 2 N–H and O–H groups in total. The van der Waals surface area contributed by atoms with E-state index in [1.54, 1.807) is 0 Å². The van der Waals surface area contributed by atoms with Gasteiger partial charge in [0.05, 0.1) is 5.69 Å². The van der Waals surface area contributed by atoms with Crippen LogP contribution in [0.15, 0.2) is 6.07 Å². The molecule has 114 valence electrons. The quantitative estimate of drug-likeness (QED) is 0.893. The summed E-state index contributed by atoms with van der Waals surface area (Å²) in [7, 11) is 0. The van der Waals surface area contributed by atoms with Gasteiger partial charge < -0.3 is 5.32 Å². The fraction of sp³-hybridized carbons (Fsp3) is 0.571. The van der Waals surface area contributed by atoms with Gasteiger partial charge in [-0.15, -0.1) is 5.10 Å². The van der Waals surface area contributed by atoms with Crippen molar-refractivity contribution in [3.8, 4) is 0 Å². The molecule has 0 bridgehead atoms. The second-order valence-corrected chi connectivity index (χ2v) is 7.83. The van der Waals surface area contributed by atoms with Crippen molar-refractivity contribution in [2.45, 2.75) is 52.4 Å². The number of anilines is 1. The van der Waals surface area contributed by atoms with Gasteiger partial charge in [-0.3, -0.25) is 9.89 Å². The van der Waals surface area contributed by atoms with Crippen molar-refractivity contribution in [2.24, 2.45) is 0 Å². The van der Waals surface area contributed by atoms with Crippen LogP contribution in [0.5, 0.6) is 0 Å². The van der Waals surface area contributed by atoms with Gasteiger partial charge in [0.15, 0.2) is 5.82 Å². The molecule has 0 aliphatic carbocycles. The zero-order chi connectivity index (χ0) is 15.8. The number of aromatic amines is 1. The zero-order valence-corrected chi connectivity index (χ0v) is 14.1. The lowest BCUT2D eigenvalue weighted by atomic mass is 9.91. The number of hydrogen-bond acceptors (Lipinski definition) is 5. The molecule has 0 aliphatic heterocycles. The van der Waals surface area contributed by atoms with Gasteiger partial charge in [0, 0.05) is 22.6 Å². The van der Waals surface area contributed by atoms with E-state index in [0.717, 1.165) is 17.2 Å². The van der Waals surface area contributed by atoms with Crippen LogP contribution in [0.2, 0.25) is 0 Å². The highest BCUT2D eigenvalue weighted by molar-refractivity contribution is 7.08. The van der Waals surface area contributed by atoms with E-state index in [9.17, 15) is 4.79 Å². The molecule has 0 aliphatic rings. The summed E-state index contributed by atoms with van der Waals surface area (Å²) in [5.74, 6) is 0.292. The molecule has 0 saturated carbocycles. The van der Waals surface area contributed by atoms with Crippen molar-refractivity contribution in [3.05, 3.63) is 22.3 Å². The summed E-state index contributed by atoms with van der Waals surface area (Å²) in [4.78, 5) is 12.9. The Balaban J connectivity index is 2.20. The summed E-state index contributed by atoms with van der Waals surface area (Å²) in [5, 5.41) is 14.0. The Labute approximate surface area is 128 Å². The summed E-state index contributed by atoms with van der Waals surface area (Å²) in [6.45, 7) is 12.3. The number of nitrogens with zero attached hydrogens (tertiary/aromatic N) is 3. The highest BCUT2D eigenvalue weighted by Gasteiger charge is 2.27. The van der Waals surface area contributed by atoms with Crippen LogP contribution in [0.1, 0.15) is 62.6 Å². The van der Waals surface area contributed by atoms with Crippen molar-refractivity contribution >= 4 is 23.3 Å². The average Bonchev–Trinajstić information content (AvgIpc) is 2.94. The summed E-state index contributed by atoms with van der Waals surface area (Å²) in [6, 6.07) is 1.85. The number of carbonyl (C=O) groups is 1. The SMILES string of the molecule is CC(C)(C)c1cc(NC(=O)c2snnc2C(C)(C)C)n[nH]1. The number of aromatic nitrogens is 4. The number of H-pyrrole nitrogens is 1. The van der Waals surface area contributed by atoms with Crippen LogP contribution < -0.4 is 5.32 Å². The molecule has 0 radical (unpaired) electrons. The third-order valence-electron chi connectivity index (χ3n) is 3.03. The number of amides is 1. The van der Waals surface area contributed by atoms with E-state index >= 15 is 0 Å². The molecule has 6 nitrogen and oxygen atoms in total. The maximum Gasteiger partial charge on any atom is 0.270 e. The van der Waals surface area contributed by atoms with Gasteiger partial charge in [-0.1, -0.05) is 46.0 Å². The molecule has 7 heteroatoms. The topological polar surface area (TPSA) is 83.6 Å². The van der Waals surface area contributed by atoms with Crippen LogP contribution in [0.25, 0.3) is 0 Å². The lowest BCUT2D eigenvalue weighted by molar-refractivity contribution is 0.102. The predicted molar refractivity (Wildman–Crippen MR) is 83.8 cm³/mol. The molecule has 0 spiro atoms. The first kappa shape index (κ1) is 15.6. The van der Waals surface area contributed by atoms with Gasteiger partial charge in [0.25, 0.3) is 5.91 Å². The maximum atomic E-state index is 12.4. The lowest BCUT2D eigenvalue weighted by Crippen LogP contribution is -2.20. The summed E-state index contributed by atoms with van der Waals surface area (Å²) < 4.78 is 3.90. The summed E-state index contributed by atoms with van der Waals surface area (Å²) >= 11 is 1.10. The molecule has 0 saturated heterocycles. The third kappa shape index (κ3) is 3.47. The van der Waals surface area contributed by atoms with Gasteiger partial charge in [-0.05, 0) is 11.5 Å². The molecule has 2 aromatic heterocycles. The van der Waals surface area contributed by atoms with Crippen molar-refractivity contribution in [3.63, 3.8) is 0 Å². The zero-order valence-electron chi connectivity index (χ0n) is 13.2. The monoisotopic (exact) mass is 307 g/mol. The van der Waals surface area contributed by atoms with Gasteiger partial charge in [0.2, 0.25) is 0 Å². The minimum Gasteiger partial charge on any atom is -0.304 e. The second kappa shape index (κ2) is 5.22. The van der Waals surface area contributed by atoms with E-state index in [-0.39, 0.29) is 16.7 Å². The van der Waals surface area contributed by atoms with E-state index in [1.165, 1.54) is 0 Å². The largest absolute Gasteiger partial charge is 0.304 e. The molecule has 2 rings (SSSR count). The van der Waals surface area contributed by atoms with Gasteiger partial charge in [-0.25, -0.2) is 0 Å². The second-order valence-electron chi connectivity index (χ2n) is 7.07. The lowest BCUT2D eigenvalue weighted by Gasteiger charge is -2.16. The van der Waals surface area contributed by atoms with Crippen molar-refractivity contribution < 1.29 is 4.79 Å². The average molecular weight is 307 g/mol. The van der Waals surface area contributed by atoms with E-state index in [4.69, 9.17) is 0 Å². The Morgan fingerprint density at radius 2 is 1.86 bits per heavy atom. The van der Waals surface area contributed by atoms with Crippen LogP contribution in [0.4, 0.5) is 5.82 Å². The molecule has 21 heavy (non-hydrogen) atoms. The molecule has 0 unspecified atom stereocenters. The van der Waals surface area contributed by atoms with Crippen LogP contribution in [0, 0.1) is 0 Å². The highest BCUT2D eigenvalue weighted by Crippen LogP contribution is 2.27. The smallest absolute Gasteiger partial charge is 0.270 e. The van der Waals surface area contributed by atoms with Crippen molar-refractivity contribution in [1.29, 1.82) is 0 Å². The van der Waals surface area contributed by atoms with Crippen LogP contribution in [0.3, 0.4) is 0 Å². The Bertz CT molecular complexity index is 645. The van der Waals surface area contributed by atoms with E-state index in [2.05, 4.69) is 45.9 Å². The fourth-order valence-electron chi connectivity index (χ4n) is 1.77. The van der Waals surface area contributed by atoms with Crippen molar-refractivity contribution in [2.75, 3.05) is 5.32 Å². The molecule has 1 amide bonds. The minimum absolute atomic E-state index is 0.0431. The van der Waals surface area contributed by atoms with Gasteiger partial charge in [0.1, 0.15) is 4.88 Å². The number of hydrogen-bond donors (Lipinski definition) is 2. The van der Waals surface area contributed by atoms with Crippen LogP contribution in [-0.4, -0.2) is 25.7 Å². The van der Waals surface area contributed by atoms with Gasteiger partial charge in [-0.2, -0.15) is 5.10 Å². The van der Waals surface area contributed by atoms with Crippen LogP contribution in [-0.2, 0) is 10.8 Å². The normalized spacial score (nSPS) is 12.5. The van der Waals surface area contributed by atoms with Crippen molar-refractivity contribution in [1.82, 2.24) is 19.8 Å². The van der Waals surface area contributed by atoms with E-state index in [0.29, 0.717) is 16.4 Å². The minimum atomic E-state index is -0.220. The summed E-state index contributed by atoms with van der Waals surface area (Å²) in [6.07, 6.45) is 0. The molecular weight excluding hydrogens is 286 g/mol. The molecule has 0 atom stereocenters. The first-order valence-corrected chi connectivity index (χ1v) is 7.56. The number of nitrogens with one attached hydrogen (secondary N) is 2. The molecule has 2 aromatic rings. The molecule has 0 fully saturated rings. The first-order valence-electron chi connectivity index (χ1n) is 6.79. The Hall–Kier alpha value is -1.76. The summed E-state index contributed by atoms with van der Waals surface area (Å²) in [5.41, 5.74) is 1.41. The maximum absolute atomic E-state index is 12.4. The number of carbonyl (C=O) groups excluding carboxylic acids is 1. The fourth-order valence-corrected chi connectivity index (χ4v) is 2.54. The number of rotatable bonds is 2. The highest BCUT2D eigenvalue weighted by atomic mass is 32.1. The first-order chi connectivity index (χ1) is 9.59. The van der Waals surface area contributed by atoms with E-state index < -0.39 is 0 Å². The molecule has 2 heterocycles. The Morgan fingerprint density at radius 3 is 2.38 bits per heavy atom. The predicted octanol–water partition coefficient (Wildman–Crippen LogP) is 3.11. The molecular formula is C14H21N5OS. The van der Waals surface area contributed by atoms with Crippen LogP contribution >= 0.6 is 11.5 Å².